The number of nitrogens with one attached hydrogen (secondary N) is 1. The van der Waals surface area contributed by atoms with Crippen LogP contribution >= 0.6 is 23.4 Å². The van der Waals surface area contributed by atoms with Crippen molar-refractivity contribution in [2.24, 2.45) is 5.10 Å². The van der Waals surface area contributed by atoms with Crippen molar-refractivity contribution < 1.29 is 9.90 Å². The highest BCUT2D eigenvalue weighted by Gasteiger charge is 2.17. The van der Waals surface area contributed by atoms with Crippen molar-refractivity contribution in [3.8, 4) is 22.8 Å². The maximum absolute atomic E-state index is 12.3. The number of hydrogen-bond acceptors (Lipinski definition) is 6. The van der Waals surface area contributed by atoms with E-state index in [1.165, 1.54) is 18.0 Å². The molecule has 2 N–H and O–H groups in total. The molecule has 32 heavy (non-hydrogen) atoms. The zero-order valence-electron chi connectivity index (χ0n) is 16.7. The topological polar surface area (TPSA) is 92.4 Å². The summed E-state index contributed by atoms with van der Waals surface area (Å²) in [6.45, 7) is 0. The van der Waals surface area contributed by atoms with Crippen LogP contribution in [0, 0.1) is 0 Å². The van der Waals surface area contributed by atoms with Crippen LogP contribution in [0.2, 0.25) is 5.02 Å². The maximum atomic E-state index is 12.3. The lowest BCUT2D eigenvalue weighted by Gasteiger charge is -2.10. The van der Waals surface area contributed by atoms with Gasteiger partial charge in [0.25, 0.3) is 5.91 Å². The molecule has 160 valence electrons. The molecule has 4 rings (SSSR count). The first kappa shape index (κ1) is 21.6. The summed E-state index contributed by atoms with van der Waals surface area (Å²) in [4.78, 5) is 12.3. The average molecular weight is 464 g/mol. The first-order valence-corrected chi connectivity index (χ1v) is 11.0. The van der Waals surface area contributed by atoms with Crippen molar-refractivity contribution in [2.75, 3.05) is 5.75 Å². The Kier molecular flexibility index (Phi) is 6.84. The monoisotopic (exact) mass is 463 g/mol. The van der Waals surface area contributed by atoms with Gasteiger partial charge in [-0.3, -0.25) is 9.36 Å². The fourth-order valence-corrected chi connectivity index (χ4v) is 3.78. The van der Waals surface area contributed by atoms with Crippen LogP contribution in [-0.4, -0.2) is 37.7 Å². The van der Waals surface area contributed by atoms with Gasteiger partial charge in [0.2, 0.25) is 0 Å². The first-order valence-electron chi connectivity index (χ1n) is 9.60. The first-order chi connectivity index (χ1) is 15.6. The normalized spacial score (nSPS) is 11.0. The second kappa shape index (κ2) is 10.1. The van der Waals surface area contributed by atoms with Crippen LogP contribution in [0.4, 0.5) is 0 Å². The van der Waals surface area contributed by atoms with Gasteiger partial charge >= 0.3 is 0 Å². The predicted molar refractivity (Wildman–Crippen MR) is 126 cm³/mol. The molecule has 0 bridgehead atoms. The minimum absolute atomic E-state index is 0.100. The van der Waals surface area contributed by atoms with Gasteiger partial charge in [-0.25, -0.2) is 5.43 Å². The van der Waals surface area contributed by atoms with Gasteiger partial charge in [-0.2, -0.15) is 5.10 Å². The van der Waals surface area contributed by atoms with Crippen LogP contribution in [0.15, 0.2) is 89.1 Å². The summed E-state index contributed by atoms with van der Waals surface area (Å²) in [5.41, 5.74) is 4.90. The van der Waals surface area contributed by atoms with Crippen LogP contribution in [0.5, 0.6) is 5.75 Å². The largest absolute Gasteiger partial charge is 0.508 e. The second-order valence-corrected chi connectivity index (χ2v) is 8.04. The van der Waals surface area contributed by atoms with E-state index in [9.17, 15) is 9.90 Å². The molecule has 0 aliphatic heterocycles. The molecule has 0 spiro atoms. The van der Waals surface area contributed by atoms with Crippen LogP contribution < -0.4 is 5.43 Å². The van der Waals surface area contributed by atoms with Gasteiger partial charge in [-0.05, 0) is 54.1 Å². The van der Waals surface area contributed by atoms with Crippen LogP contribution in [-0.2, 0) is 4.79 Å². The molecule has 0 atom stereocenters. The lowest BCUT2D eigenvalue weighted by Crippen LogP contribution is -2.20. The fourth-order valence-electron chi connectivity index (χ4n) is 2.91. The number of phenols is 1. The average Bonchev–Trinajstić information content (AvgIpc) is 3.23. The lowest BCUT2D eigenvalue weighted by atomic mass is 10.2. The fraction of sp³-hybridized carbons (Fsp3) is 0.0435. The summed E-state index contributed by atoms with van der Waals surface area (Å²) in [5, 5.41) is 23.3. The van der Waals surface area contributed by atoms with Crippen molar-refractivity contribution in [3.05, 3.63) is 89.4 Å². The number of nitrogens with zero attached hydrogens (tertiary/aromatic N) is 4. The van der Waals surface area contributed by atoms with Gasteiger partial charge in [0.15, 0.2) is 11.0 Å². The van der Waals surface area contributed by atoms with E-state index in [4.69, 9.17) is 11.6 Å². The number of carbonyl (C=O) groups is 1. The molecular weight excluding hydrogens is 446 g/mol. The Bertz CT molecular complexity index is 1240. The third-order valence-electron chi connectivity index (χ3n) is 4.36. The van der Waals surface area contributed by atoms with Crippen molar-refractivity contribution in [1.29, 1.82) is 0 Å². The van der Waals surface area contributed by atoms with Gasteiger partial charge in [-0.15, -0.1) is 10.2 Å². The summed E-state index contributed by atoms with van der Waals surface area (Å²) < 4.78 is 1.90. The maximum Gasteiger partial charge on any atom is 0.250 e. The molecule has 0 fully saturated rings. The van der Waals surface area contributed by atoms with E-state index in [0.29, 0.717) is 21.6 Å². The number of aromatic nitrogens is 3. The predicted octanol–water partition coefficient (Wildman–Crippen LogP) is 4.54. The Morgan fingerprint density at radius 3 is 2.59 bits per heavy atom. The van der Waals surface area contributed by atoms with Gasteiger partial charge in [0.05, 0.1) is 12.0 Å². The van der Waals surface area contributed by atoms with E-state index in [-0.39, 0.29) is 17.4 Å². The molecule has 0 unspecified atom stereocenters. The molecule has 1 amide bonds. The molecule has 0 saturated heterocycles. The van der Waals surface area contributed by atoms with Gasteiger partial charge < -0.3 is 5.11 Å². The van der Waals surface area contributed by atoms with E-state index in [1.54, 1.807) is 36.4 Å². The molecule has 7 nitrogen and oxygen atoms in total. The van der Waals surface area contributed by atoms with Gasteiger partial charge in [0, 0.05) is 16.3 Å². The third kappa shape index (κ3) is 5.35. The highest BCUT2D eigenvalue weighted by molar-refractivity contribution is 7.99. The molecule has 0 aliphatic rings. The number of hydrogen-bond donors (Lipinski definition) is 2. The molecule has 0 radical (unpaired) electrons. The number of amides is 1. The SMILES string of the molecule is O=C(CSc1nnc(-c2ccc(Cl)cc2)n1-c1ccccc1)NN=Cc1cccc(O)c1. The van der Waals surface area contributed by atoms with E-state index < -0.39 is 0 Å². The number of phenolic OH excluding ortho intramolecular Hbond substituents is 1. The number of thioether (sulfide) groups is 1. The highest BCUT2D eigenvalue weighted by Crippen LogP contribution is 2.28. The Morgan fingerprint density at radius 1 is 1.06 bits per heavy atom. The minimum atomic E-state index is -0.290. The Hall–Kier alpha value is -3.62. The van der Waals surface area contributed by atoms with Crippen LogP contribution in [0.3, 0.4) is 0 Å². The van der Waals surface area contributed by atoms with Crippen molar-refractivity contribution in [1.82, 2.24) is 20.2 Å². The van der Waals surface area contributed by atoms with Gasteiger partial charge in [0.1, 0.15) is 5.75 Å². The van der Waals surface area contributed by atoms with E-state index in [1.807, 2.05) is 47.0 Å². The standard InChI is InChI=1S/C23H18ClN5O2S/c24-18-11-9-17(10-12-18)22-27-28-23(29(22)19-6-2-1-3-7-19)32-15-21(31)26-25-14-16-5-4-8-20(30)13-16/h1-14,30H,15H2,(H,26,31). The molecule has 0 saturated carbocycles. The summed E-state index contributed by atoms with van der Waals surface area (Å²) in [6.07, 6.45) is 1.47. The van der Waals surface area contributed by atoms with Crippen molar-refractivity contribution in [3.63, 3.8) is 0 Å². The van der Waals surface area contributed by atoms with E-state index >= 15 is 0 Å². The summed E-state index contributed by atoms with van der Waals surface area (Å²) in [6, 6.07) is 23.6. The molecular formula is C23H18ClN5O2S. The number of rotatable bonds is 7. The molecule has 1 heterocycles. The Labute approximate surface area is 193 Å². The number of aromatic hydroxyl groups is 1. The number of halogens is 1. The lowest BCUT2D eigenvalue weighted by molar-refractivity contribution is -0.118. The highest BCUT2D eigenvalue weighted by atomic mass is 35.5. The van der Waals surface area contributed by atoms with Crippen molar-refractivity contribution >= 4 is 35.5 Å². The zero-order chi connectivity index (χ0) is 22.3. The number of hydrazone groups is 1. The van der Waals surface area contributed by atoms with E-state index in [0.717, 1.165) is 11.3 Å². The summed E-state index contributed by atoms with van der Waals surface area (Å²) >= 11 is 7.27. The smallest absolute Gasteiger partial charge is 0.250 e. The molecule has 3 aromatic carbocycles. The summed E-state index contributed by atoms with van der Waals surface area (Å²) in [7, 11) is 0. The van der Waals surface area contributed by atoms with Crippen LogP contribution in [0.25, 0.3) is 17.1 Å². The van der Waals surface area contributed by atoms with Crippen LogP contribution in [0.1, 0.15) is 5.56 Å². The number of para-hydroxylation sites is 1. The molecule has 0 aliphatic carbocycles. The second-order valence-electron chi connectivity index (χ2n) is 6.66. The Balaban J connectivity index is 1.49. The molecule has 9 heteroatoms. The quantitative estimate of drug-likeness (QED) is 0.238. The summed E-state index contributed by atoms with van der Waals surface area (Å²) in [5.74, 6) is 0.593. The molecule has 1 aromatic heterocycles. The number of benzene rings is 3. The minimum Gasteiger partial charge on any atom is -0.508 e. The number of carbonyl (C=O) groups excluding carboxylic acids is 1. The molecule has 4 aromatic rings. The van der Waals surface area contributed by atoms with E-state index in [2.05, 4.69) is 20.7 Å². The zero-order valence-corrected chi connectivity index (χ0v) is 18.3. The Morgan fingerprint density at radius 2 is 1.84 bits per heavy atom. The van der Waals surface area contributed by atoms with Gasteiger partial charge in [-0.1, -0.05) is 53.7 Å². The van der Waals surface area contributed by atoms with Crippen molar-refractivity contribution in [2.45, 2.75) is 5.16 Å². The third-order valence-corrected chi connectivity index (χ3v) is 5.54.